The van der Waals surface area contributed by atoms with Crippen molar-refractivity contribution in [3.8, 4) is 11.3 Å². The lowest BCUT2D eigenvalue weighted by Gasteiger charge is -2.08. The summed E-state index contributed by atoms with van der Waals surface area (Å²) in [6, 6.07) is 12.2. The highest BCUT2D eigenvalue weighted by Crippen LogP contribution is 2.24. The lowest BCUT2D eigenvalue weighted by atomic mass is 10.0. The van der Waals surface area contributed by atoms with E-state index in [0.717, 1.165) is 10.9 Å². The Hall–Kier alpha value is -2.62. The highest BCUT2D eigenvalue weighted by Gasteiger charge is 2.13. The average Bonchev–Trinajstić information content (AvgIpc) is 2.35. The first-order valence-corrected chi connectivity index (χ1v) is 5.44. The Bertz CT molecular complexity index is 789. The van der Waals surface area contributed by atoms with E-state index in [1.165, 1.54) is 12.1 Å². The van der Waals surface area contributed by atoms with Gasteiger partial charge < -0.3 is 10.1 Å². The van der Waals surface area contributed by atoms with Gasteiger partial charge in [0.05, 0.1) is 0 Å². The second kappa shape index (κ2) is 3.70. The molecule has 0 amide bonds. The van der Waals surface area contributed by atoms with Crippen molar-refractivity contribution in [2.45, 2.75) is 0 Å². The summed E-state index contributed by atoms with van der Waals surface area (Å²) in [6.07, 6.45) is 0. The molecule has 3 rings (SSSR count). The van der Waals surface area contributed by atoms with Gasteiger partial charge in [0.25, 0.3) is 0 Å². The Morgan fingerprint density at radius 2 is 1.89 bits per heavy atom. The molecule has 1 heterocycles. The van der Waals surface area contributed by atoms with Crippen LogP contribution in [0, 0.1) is 0 Å². The van der Waals surface area contributed by atoms with E-state index < -0.39 is 11.4 Å². The van der Waals surface area contributed by atoms with Crippen LogP contribution in [0.5, 0.6) is 0 Å². The maximum atomic E-state index is 11.6. The summed E-state index contributed by atoms with van der Waals surface area (Å²) in [5, 5.41) is 9.90. The van der Waals surface area contributed by atoms with Crippen molar-refractivity contribution in [1.29, 1.82) is 0 Å². The van der Waals surface area contributed by atoms with Crippen LogP contribution >= 0.6 is 0 Å². The van der Waals surface area contributed by atoms with Crippen molar-refractivity contribution in [3.63, 3.8) is 0 Å². The molecule has 1 aliphatic carbocycles. The predicted molar refractivity (Wildman–Crippen MR) is 68.2 cm³/mol. The van der Waals surface area contributed by atoms with Gasteiger partial charge >= 0.3 is 5.97 Å². The average molecular weight is 239 g/mol. The fourth-order valence-corrected chi connectivity index (χ4v) is 2.04. The summed E-state index contributed by atoms with van der Waals surface area (Å²) in [5.74, 6) is -1.20. The fourth-order valence-electron chi connectivity index (χ4n) is 2.04. The number of carboxylic acid groups (broad SMARTS) is 1. The molecule has 1 aliphatic heterocycles. The molecule has 2 N–H and O–H groups in total. The number of para-hydroxylation sites is 1. The lowest BCUT2D eigenvalue weighted by Crippen LogP contribution is -2.14. The van der Waals surface area contributed by atoms with Crippen LogP contribution in [0.3, 0.4) is 0 Å². The molecule has 18 heavy (non-hydrogen) atoms. The normalized spacial score (nSPS) is 10.9. The van der Waals surface area contributed by atoms with Gasteiger partial charge in [0, 0.05) is 17.3 Å². The number of carboxylic acids is 1. The number of benzene rings is 2. The van der Waals surface area contributed by atoms with E-state index in [0.29, 0.717) is 11.3 Å². The summed E-state index contributed by atoms with van der Waals surface area (Å²) in [7, 11) is 0. The Kier molecular flexibility index (Phi) is 2.16. The minimum absolute atomic E-state index is 0.203. The highest BCUT2D eigenvalue weighted by molar-refractivity contribution is 5.92. The van der Waals surface area contributed by atoms with Crippen LogP contribution < -0.4 is 5.43 Å². The van der Waals surface area contributed by atoms with Crippen LogP contribution in [0.2, 0.25) is 0 Å². The van der Waals surface area contributed by atoms with Crippen molar-refractivity contribution in [1.82, 2.24) is 4.98 Å². The molecular formula is C14H9NO3. The predicted octanol–water partition coefficient (Wildman–Crippen LogP) is 2.33. The number of carbonyl (C=O) groups is 1. The molecule has 1 aromatic rings. The molecule has 0 saturated carbocycles. The number of aromatic nitrogens is 1. The fraction of sp³-hybridized carbons (Fsp3) is 0. The molecule has 2 aliphatic rings. The number of fused-ring (bicyclic) bond motifs is 2. The topological polar surface area (TPSA) is 70.2 Å². The van der Waals surface area contributed by atoms with E-state index in [4.69, 9.17) is 5.11 Å². The van der Waals surface area contributed by atoms with Crippen molar-refractivity contribution in [2.24, 2.45) is 0 Å². The minimum atomic E-state index is -1.20. The van der Waals surface area contributed by atoms with Gasteiger partial charge in [-0.2, -0.15) is 0 Å². The smallest absolute Gasteiger partial charge is 0.339 e. The summed E-state index contributed by atoms with van der Waals surface area (Å²) in [5.41, 5.74) is 1.58. The third-order valence-corrected chi connectivity index (χ3v) is 2.92. The van der Waals surface area contributed by atoms with Gasteiger partial charge in [-0.1, -0.05) is 18.2 Å². The van der Waals surface area contributed by atoms with Crippen LogP contribution in [0.4, 0.5) is 0 Å². The first-order chi connectivity index (χ1) is 8.65. The van der Waals surface area contributed by atoms with Gasteiger partial charge in [0.1, 0.15) is 5.56 Å². The molecule has 0 atom stereocenters. The molecule has 0 unspecified atom stereocenters. The number of aromatic amines is 1. The third-order valence-electron chi connectivity index (χ3n) is 2.92. The van der Waals surface area contributed by atoms with E-state index in [-0.39, 0.29) is 5.56 Å². The zero-order chi connectivity index (χ0) is 12.7. The molecule has 0 fully saturated rings. The second-order valence-electron chi connectivity index (χ2n) is 4.10. The van der Waals surface area contributed by atoms with Crippen LogP contribution in [0.15, 0.2) is 47.3 Å². The molecule has 88 valence electrons. The van der Waals surface area contributed by atoms with Crippen molar-refractivity contribution < 1.29 is 9.90 Å². The highest BCUT2D eigenvalue weighted by atomic mass is 16.4. The molecule has 4 nitrogen and oxygen atoms in total. The van der Waals surface area contributed by atoms with Gasteiger partial charge in [-0.3, -0.25) is 4.79 Å². The largest absolute Gasteiger partial charge is 0.478 e. The summed E-state index contributed by atoms with van der Waals surface area (Å²) < 4.78 is 0. The second-order valence-corrected chi connectivity index (χ2v) is 4.10. The Morgan fingerprint density at radius 3 is 2.67 bits per heavy atom. The lowest BCUT2D eigenvalue weighted by molar-refractivity contribution is 0.0695. The van der Waals surface area contributed by atoms with E-state index >= 15 is 0 Å². The van der Waals surface area contributed by atoms with E-state index in [1.807, 2.05) is 30.3 Å². The van der Waals surface area contributed by atoms with Crippen molar-refractivity contribution in [3.05, 3.63) is 58.3 Å². The van der Waals surface area contributed by atoms with Crippen molar-refractivity contribution in [2.75, 3.05) is 0 Å². The molecule has 0 radical (unpaired) electrons. The third kappa shape index (κ3) is 1.55. The van der Waals surface area contributed by atoms with Crippen LogP contribution in [0.25, 0.3) is 22.2 Å². The van der Waals surface area contributed by atoms with Gasteiger partial charge in [0.15, 0.2) is 5.43 Å². The molecule has 0 bridgehead atoms. The van der Waals surface area contributed by atoms with E-state index in [2.05, 4.69) is 4.98 Å². The molecular weight excluding hydrogens is 230 g/mol. The van der Waals surface area contributed by atoms with E-state index in [9.17, 15) is 9.59 Å². The standard InChI is InChI=1S/C14H9NO3/c16-13-7-12-9(6-10(13)14(17)18)5-8-3-1-2-4-11(8)15-12/h1-7,15H,(H,17,18). The quantitative estimate of drug-likeness (QED) is 0.640. The number of hydrogen-bond acceptors (Lipinski definition) is 2. The number of nitrogens with one attached hydrogen (secondary N) is 1. The maximum Gasteiger partial charge on any atom is 0.339 e. The Balaban J connectivity index is 2.41. The number of pyridine rings is 1. The maximum absolute atomic E-state index is 11.6. The summed E-state index contributed by atoms with van der Waals surface area (Å²) in [6.45, 7) is 0. The molecule has 1 aromatic carbocycles. The number of H-pyrrole nitrogens is 1. The van der Waals surface area contributed by atoms with Gasteiger partial charge in [-0.25, -0.2) is 4.79 Å². The minimum Gasteiger partial charge on any atom is -0.478 e. The van der Waals surface area contributed by atoms with Gasteiger partial charge in [-0.15, -0.1) is 0 Å². The SMILES string of the molecule is O=C(O)c1cc2cc3ccccc3[nH]c-2cc1=O. The van der Waals surface area contributed by atoms with Gasteiger partial charge in [0.2, 0.25) is 0 Å². The van der Waals surface area contributed by atoms with Gasteiger partial charge in [-0.05, 0) is 29.1 Å². The first kappa shape index (κ1) is 10.5. The Labute approximate surface area is 102 Å². The van der Waals surface area contributed by atoms with E-state index in [1.54, 1.807) is 0 Å². The zero-order valence-corrected chi connectivity index (χ0v) is 9.31. The number of hydrogen-bond donors (Lipinski definition) is 2. The molecule has 4 heteroatoms. The number of rotatable bonds is 1. The van der Waals surface area contributed by atoms with Crippen LogP contribution in [-0.2, 0) is 0 Å². The first-order valence-electron chi connectivity index (χ1n) is 5.44. The monoisotopic (exact) mass is 239 g/mol. The van der Waals surface area contributed by atoms with Crippen LogP contribution in [0.1, 0.15) is 10.4 Å². The molecule has 0 saturated heterocycles. The summed E-state index contributed by atoms with van der Waals surface area (Å²) in [4.78, 5) is 25.7. The summed E-state index contributed by atoms with van der Waals surface area (Å²) >= 11 is 0. The number of aromatic carboxylic acids is 1. The molecule has 0 aromatic heterocycles. The van der Waals surface area contributed by atoms with Crippen LogP contribution in [-0.4, -0.2) is 16.1 Å². The Morgan fingerprint density at radius 1 is 1.11 bits per heavy atom. The van der Waals surface area contributed by atoms with Crippen molar-refractivity contribution >= 4 is 16.9 Å². The zero-order valence-electron chi connectivity index (χ0n) is 9.31. The molecule has 0 spiro atoms.